The maximum Gasteiger partial charge on any atom is 0.226 e. The molecule has 3 aliphatic heterocycles. The van der Waals surface area contributed by atoms with Gasteiger partial charge in [-0.1, -0.05) is 0 Å². The van der Waals surface area contributed by atoms with Gasteiger partial charge < -0.3 is 25.4 Å². The third kappa shape index (κ3) is 3.97. The van der Waals surface area contributed by atoms with Gasteiger partial charge in [0.2, 0.25) is 5.95 Å². The van der Waals surface area contributed by atoms with Crippen molar-refractivity contribution in [2.24, 2.45) is 0 Å². The number of hydrogen-bond donors (Lipinski definition) is 2. The highest BCUT2D eigenvalue weighted by atomic mass is 32.1. The van der Waals surface area contributed by atoms with Gasteiger partial charge in [0.1, 0.15) is 16.6 Å². The zero-order chi connectivity index (χ0) is 28.5. The third-order valence-corrected chi connectivity index (χ3v) is 9.84. The second kappa shape index (κ2) is 9.78. The van der Waals surface area contributed by atoms with Gasteiger partial charge in [-0.15, -0.1) is 11.3 Å². The van der Waals surface area contributed by atoms with E-state index in [4.69, 9.17) is 15.5 Å². The number of nitrogens with two attached hydrogens (primary N) is 1. The number of benzene rings is 1. The fourth-order valence-electron chi connectivity index (χ4n) is 6.49. The molecule has 0 aliphatic carbocycles. The number of fused-ring (bicyclic) bond motifs is 4. The van der Waals surface area contributed by atoms with Crippen LogP contribution in [0.5, 0.6) is 0 Å². The lowest BCUT2D eigenvalue weighted by atomic mass is 9.94. The van der Waals surface area contributed by atoms with Crippen LogP contribution in [0.4, 0.5) is 19.7 Å². The van der Waals surface area contributed by atoms with Crippen molar-refractivity contribution in [3.8, 4) is 17.3 Å². The summed E-state index contributed by atoms with van der Waals surface area (Å²) in [5.41, 5.74) is 7.41. The molecule has 6 heterocycles. The second-order valence-electron chi connectivity index (χ2n) is 11.0. The molecule has 2 saturated heterocycles. The highest BCUT2D eigenvalue weighted by Crippen LogP contribution is 2.45. The standard InChI is InChI=1S/C28H28F2N8O2S/c1-36-4-6-38(7-5-36)28(14-39)2-3-37(13-28)27-34-9-16-17-11-40-12-18(17)20(22(30)23(16)35-27)24-21-15(8-31)26(32)41-25(21)19(29)10-33-24/h9-10,39H,2-7,11-14,32H2,1H3. The first-order valence-corrected chi connectivity index (χ1v) is 14.3. The number of pyridine rings is 1. The molecule has 7 rings (SSSR count). The Morgan fingerprint density at radius 1 is 1.15 bits per heavy atom. The molecule has 2 fully saturated rings. The molecule has 41 heavy (non-hydrogen) atoms. The highest BCUT2D eigenvalue weighted by molar-refractivity contribution is 7.23. The predicted molar refractivity (Wildman–Crippen MR) is 151 cm³/mol. The van der Waals surface area contributed by atoms with Crippen LogP contribution >= 0.6 is 11.3 Å². The Balaban J connectivity index is 1.35. The molecule has 1 unspecified atom stereocenters. The van der Waals surface area contributed by atoms with E-state index in [1.165, 1.54) is 0 Å². The largest absolute Gasteiger partial charge is 0.394 e. The number of nitriles is 1. The molecule has 0 bridgehead atoms. The van der Waals surface area contributed by atoms with Crippen LogP contribution < -0.4 is 10.6 Å². The van der Waals surface area contributed by atoms with E-state index in [0.717, 1.165) is 55.7 Å². The topological polar surface area (TPSA) is 128 Å². The van der Waals surface area contributed by atoms with E-state index in [-0.39, 0.29) is 57.2 Å². The number of aromatic nitrogens is 3. The molecule has 10 nitrogen and oxygen atoms in total. The maximum atomic E-state index is 16.6. The van der Waals surface area contributed by atoms with Crippen molar-refractivity contribution in [1.82, 2.24) is 24.8 Å². The van der Waals surface area contributed by atoms with Crippen LogP contribution in [0.25, 0.3) is 32.2 Å². The zero-order valence-corrected chi connectivity index (χ0v) is 23.3. The van der Waals surface area contributed by atoms with Crippen molar-refractivity contribution >= 4 is 43.3 Å². The number of aliphatic hydroxyl groups is 1. The molecule has 3 aromatic heterocycles. The first kappa shape index (κ1) is 26.4. The van der Waals surface area contributed by atoms with Gasteiger partial charge in [-0.2, -0.15) is 5.26 Å². The Kier molecular flexibility index (Phi) is 6.29. The van der Waals surface area contributed by atoms with Crippen LogP contribution in [0.15, 0.2) is 12.4 Å². The minimum absolute atomic E-state index is 0.0153. The monoisotopic (exact) mass is 578 g/mol. The van der Waals surface area contributed by atoms with Crippen LogP contribution in [0.3, 0.4) is 0 Å². The smallest absolute Gasteiger partial charge is 0.226 e. The van der Waals surface area contributed by atoms with Gasteiger partial charge in [-0.25, -0.2) is 18.7 Å². The summed E-state index contributed by atoms with van der Waals surface area (Å²) in [6.07, 6.45) is 3.40. The molecule has 0 spiro atoms. The summed E-state index contributed by atoms with van der Waals surface area (Å²) in [4.78, 5) is 20.2. The lowest BCUT2D eigenvalue weighted by Gasteiger charge is -2.44. The van der Waals surface area contributed by atoms with Gasteiger partial charge >= 0.3 is 0 Å². The fraction of sp³-hybridized carbons (Fsp3) is 0.429. The highest BCUT2D eigenvalue weighted by Gasteiger charge is 2.44. The fourth-order valence-corrected chi connectivity index (χ4v) is 7.41. The number of rotatable bonds is 4. The summed E-state index contributed by atoms with van der Waals surface area (Å²) in [5.74, 6) is -0.878. The Hall–Kier alpha value is -3.54. The number of likely N-dealkylation sites (N-methyl/N-ethyl adjacent to an activating group) is 1. The van der Waals surface area contributed by atoms with Crippen molar-refractivity contribution in [1.29, 1.82) is 5.26 Å². The van der Waals surface area contributed by atoms with Crippen LogP contribution in [-0.4, -0.2) is 88.3 Å². The van der Waals surface area contributed by atoms with Crippen molar-refractivity contribution < 1.29 is 18.6 Å². The minimum Gasteiger partial charge on any atom is -0.394 e. The van der Waals surface area contributed by atoms with E-state index in [1.54, 1.807) is 6.20 Å². The average molecular weight is 579 g/mol. The lowest BCUT2D eigenvalue weighted by Crippen LogP contribution is -2.59. The van der Waals surface area contributed by atoms with E-state index in [0.29, 0.717) is 30.0 Å². The summed E-state index contributed by atoms with van der Waals surface area (Å²) in [5, 5.41) is 21.1. The number of aliphatic hydroxyl groups excluding tert-OH is 1. The number of anilines is 2. The van der Waals surface area contributed by atoms with E-state index < -0.39 is 17.2 Å². The number of piperazine rings is 1. The Morgan fingerprint density at radius 3 is 2.68 bits per heavy atom. The van der Waals surface area contributed by atoms with Crippen LogP contribution in [0.1, 0.15) is 23.1 Å². The zero-order valence-electron chi connectivity index (χ0n) is 22.5. The number of nitrogens with zero attached hydrogens (tertiary/aromatic N) is 7. The van der Waals surface area contributed by atoms with Crippen molar-refractivity contribution in [3.05, 3.63) is 40.7 Å². The van der Waals surface area contributed by atoms with E-state index in [2.05, 4.69) is 26.8 Å². The molecular formula is C28H28F2N8O2S. The van der Waals surface area contributed by atoms with Gasteiger partial charge in [-0.05, 0) is 24.6 Å². The molecule has 13 heteroatoms. The van der Waals surface area contributed by atoms with Crippen molar-refractivity contribution in [2.45, 2.75) is 25.2 Å². The van der Waals surface area contributed by atoms with Gasteiger partial charge in [0.25, 0.3) is 0 Å². The summed E-state index contributed by atoms with van der Waals surface area (Å²) in [6.45, 7) is 5.15. The third-order valence-electron chi connectivity index (χ3n) is 8.82. The molecule has 212 valence electrons. The summed E-state index contributed by atoms with van der Waals surface area (Å²) >= 11 is 0.942. The van der Waals surface area contributed by atoms with Gasteiger partial charge in [0, 0.05) is 61.8 Å². The van der Waals surface area contributed by atoms with Crippen molar-refractivity contribution in [3.63, 3.8) is 0 Å². The number of nitrogen functional groups attached to an aromatic ring is 1. The van der Waals surface area contributed by atoms with Crippen LogP contribution in [0.2, 0.25) is 0 Å². The van der Waals surface area contributed by atoms with Crippen LogP contribution in [-0.2, 0) is 18.0 Å². The first-order chi connectivity index (χ1) is 19.8. The number of hydrogen-bond acceptors (Lipinski definition) is 11. The molecule has 3 N–H and O–H groups in total. The quantitative estimate of drug-likeness (QED) is 0.373. The van der Waals surface area contributed by atoms with E-state index in [9.17, 15) is 14.8 Å². The predicted octanol–water partition coefficient (Wildman–Crippen LogP) is 2.86. The molecule has 0 saturated carbocycles. The number of thiophene rings is 1. The first-order valence-electron chi connectivity index (χ1n) is 13.5. The second-order valence-corrected chi connectivity index (χ2v) is 12.1. The van der Waals surface area contributed by atoms with E-state index >= 15 is 4.39 Å². The molecule has 3 aliphatic rings. The Morgan fingerprint density at radius 2 is 1.93 bits per heavy atom. The average Bonchev–Trinajstić information content (AvgIpc) is 3.72. The molecule has 1 atom stereocenters. The Bertz CT molecular complexity index is 1750. The van der Waals surface area contributed by atoms with Crippen molar-refractivity contribution in [2.75, 3.05) is 63.6 Å². The SMILES string of the molecule is CN1CCN(C2(CO)CCN(c3ncc4c5c(c(-c6ncc(F)c7sc(N)c(C#N)c67)c(F)c4n3)COC5)C2)CC1. The molecule has 4 aromatic rings. The number of ether oxygens (including phenoxy) is 1. The summed E-state index contributed by atoms with van der Waals surface area (Å²) in [6, 6.07) is 2.03. The summed E-state index contributed by atoms with van der Waals surface area (Å²) in [7, 11) is 2.10. The Labute approximate surface area is 238 Å². The maximum absolute atomic E-state index is 16.6. The number of halogens is 2. The molecule has 0 radical (unpaired) electrons. The molecular weight excluding hydrogens is 550 g/mol. The normalized spacial score (nSPS) is 21.7. The summed E-state index contributed by atoms with van der Waals surface area (Å²) < 4.78 is 37.2. The molecule has 0 amide bonds. The van der Waals surface area contributed by atoms with Crippen LogP contribution in [0, 0.1) is 23.0 Å². The van der Waals surface area contributed by atoms with E-state index in [1.807, 2.05) is 11.0 Å². The minimum atomic E-state index is -0.631. The van der Waals surface area contributed by atoms with Gasteiger partial charge in [0.15, 0.2) is 11.6 Å². The molecule has 1 aromatic carbocycles. The van der Waals surface area contributed by atoms with Gasteiger partial charge in [-0.3, -0.25) is 9.88 Å². The van der Waals surface area contributed by atoms with Gasteiger partial charge in [0.05, 0.1) is 47.5 Å². The lowest BCUT2D eigenvalue weighted by molar-refractivity contribution is 0.0131.